The molecular formula is C18H24N2O5. The van der Waals surface area contributed by atoms with Crippen molar-refractivity contribution in [3.05, 3.63) is 29.8 Å². The lowest BCUT2D eigenvalue weighted by Crippen LogP contribution is -2.42. The molecule has 2 amide bonds. The monoisotopic (exact) mass is 348 g/mol. The van der Waals surface area contributed by atoms with Crippen LogP contribution in [0.25, 0.3) is 0 Å². The number of carbonyl (C=O) groups excluding carboxylic acids is 2. The molecule has 0 aliphatic heterocycles. The highest BCUT2D eigenvalue weighted by atomic mass is 16.5. The maximum atomic E-state index is 12.5. The molecule has 0 unspecified atom stereocenters. The number of nitrogens with one attached hydrogen (secondary N) is 2. The normalized spacial score (nSPS) is 15.1. The number of aliphatic carboxylic acids is 1. The number of hydrogen-bond donors (Lipinski definition) is 3. The quantitative estimate of drug-likeness (QED) is 0.633. The van der Waals surface area contributed by atoms with Crippen molar-refractivity contribution >= 4 is 23.5 Å². The van der Waals surface area contributed by atoms with E-state index < -0.39 is 5.97 Å². The molecule has 1 aliphatic carbocycles. The summed E-state index contributed by atoms with van der Waals surface area (Å²) in [6.45, 7) is 0.636. The summed E-state index contributed by atoms with van der Waals surface area (Å²) in [5.41, 5.74) is 0.708. The highest BCUT2D eigenvalue weighted by Gasteiger charge is 2.43. The van der Waals surface area contributed by atoms with Gasteiger partial charge in [0.1, 0.15) is 0 Å². The Morgan fingerprint density at radius 3 is 2.40 bits per heavy atom. The van der Waals surface area contributed by atoms with Gasteiger partial charge >= 0.3 is 5.97 Å². The molecule has 7 heteroatoms. The fraction of sp³-hybridized carbons (Fsp3) is 0.500. The molecule has 0 bridgehead atoms. The van der Waals surface area contributed by atoms with Crippen molar-refractivity contribution in [2.75, 3.05) is 25.6 Å². The highest BCUT2D eigenvalue weighted by Crippen LogP contribution is 2.44. The van der Waals surface area contributed by atoms with Gasteiger partial charge in [-0.3, -0.25) is 14.4 Å². The fourth-order valence-electron chi connectivity index (χ4n) is 2.85. The lowest BCUT2D eigenvalue weighted by atomic mass is 9.66. The lowest BCUT2D eigenvalue weighted by molar-refractivity contribution is -0.136. The van der Waals surface area contributed by atoms with E-state index in [0.29, 0.717) is 24.3 Å². The number of rotatable bonds is 9. The maximum Gasteiger partial charge on any atom is 0.305 e. The number of benzene rings is 1. The molecule has 2 rings (SSSR count). The molecule has 0 heterocycles. The molecule has 0 radical (unpaired) electrons. The van der Waals surface area contributed by atoms with Gasteiger partial charge in [0.05, 0.1) is 11.8 Å². The second-order valence-corrected chi connectivity index (χ2v) is 6.31. The zero-order valence-corrected chi connectivity index (χ0v) is 14.3. The van der Waals surface area contributed by atoms with Gasteiger partial charge in [-0.05, 0) is 43.5 Å². The second-order valence-electron chi connectivity index (χ2n) is 6.31. The Balaban J connectivity index is 1.90. The SMILES string of the molecule is COCCC1(C(=O)Nc2ccc(C(=O)NCCC(=O)O)cc2)CCC1. The Bertz CT molecular complexity index is 623. The summed E-state index contributed by atoms with van der Waals surface area (Å²) in [5.74, 6) is -1.30. The molecule has 7 nitrogen and oxygen atoms in total. The second kappa shape index (κ2) is 8.62. The topological polar surface area (TPSA) is 105 Å². The van der Waals surface area contributed by atoms with Crippen molar-refractivity contribution in [1.29, 1.82) is 0 Å². The van der Waals surface area contributed by atoms with Crippen LogP contribution in [0.5, 0.6) is 0 Å². The molecule has 1 aromatic rings. The van der Waals surface area contributed by atoms with E-state index in [2.05, 4.69) is 10.6 Å². The first kappa shape index (κ1) is 18.9. The molecule has 1 aliphatic rings. The van der Waals surface area contributed by atoms with Gasteiger partial charge in [0.25, 0.3) is 5.91 Å². The van der Waals surface area contributed by atoms with Crippen molar-refractivity contribution in [2.45, 2.75) is 32.1 Å². The molecule has 136 valence electrons. The van der Waals surface area contributed by atoms with E-state index in [-0.39, 0.29) is 30.2 Å². The van der Waals surface area contributed by atoms with Gasteiger partial charge in [0, 0.05) is 31.5 Å². The van der Waals surface area contributed by atoms with Gasteiger partial charge < -0.3 is 20.5 Å². The average Bonchev–Trinajstić information content (AvgIpc) is 2.54. The predicted molar refractivity (Wildman–Crippen MR) is 92.4 cm³/mol. The molecule has 0 aromatic heterocycles. The van der Waals surface area contributed by atoms with Crippen LogP contribution >= 0.6 is 0 Å². The zero-order valence-electron chi connectivity index (χ0n) is 14.3. The third-order valence-corrected chi connectivity index (χ3v) is 4.61. The van der Waals surface area contributed by atoms with Gasteiger partial charge in [-0.15, -0.1) is 0 Å². The summed E-state index contributed by atoms with van der Waals surface area (Å²) < 4.78 is 5.10. The van der Waals surface area contributed by atoms with Crippen molar-refractivity contribution in [2.24, 2.45) is 5.41 Å². The molecule has 0 spiro atoms. The van der Waals surface area contributed by atoms with E-state index in [4.69, 9.17) is 9.84 Å². The molecule has 25 heavy (non-hydrogen) atoms. The van der Waals surface area contributed by atoms with Gasteiger partial charge in [0.2, 0.25) is 5.91 Å². The summed E-state index contributed by atoms with van der Waals surface area (Å²) in [5, 5.41) is 14.0. The van der Waals surface area contributed by atoms with Gasteiger partial charge in [0.15, 0.2) is 0 Å². The van der Waals surface area contributed by atoms with Crippen LogP contribution in [0, 0.1) is 5.41 Å². The van der Waals surface area contributed by atoms with Crippen LogP contribution in [0.3, 0.4) is 0 Å². The van der Waals surface area contributed by atoms with E-state index >= 15 is 0 Å². The van der Waals surface area contributed by atoms with Crippen molar-refractivity contribution in [3.8, 4) is 0 Å². The van der Waals surface area contributed by atoms with Gasteiger partial charge in [-0.25, -0.2) is 0 Å². The fourth-order valence-corrected chi connectivity index (χ4v) is 2.85. The van der Waals surface area contributed by atoms with Crippen molar-refractivity contribution in [1.82, 2.24) is 5.32 Å². The number of carboxylic acid groups (broad SMARTS) is 1. The first-order valence-electron chi connectivity index (χ1n) is 8.37. The average molecular weight is 348 g/mol. The van der Waals surface area contributed by atoms with E-state index in [0.717, 1.165) is 19.3 Å². The van der Waals surface area contributed by atoms with Crippen LogP contribution in [-0.4, -0.2) is 43.2 Å². The Morgan fingerprint density at radius 1 is 1.20 bits per heavy atom. The van der Waals surface area contributed by atoms with E-state index in [1.54, 1.807) is 31.4 Å². The molecule has 0 saturated heterocycles. The molecule has 1 aromatic carbocycles. The minimum atomic E-state index is -0.961. The highest BCUT2D eigenvalue weighted by molar-refractivity contribution is 5.97. The lowest BCUT2D eigenvalue weighted by Gasteiger charge is -2.40. The minimum absolute atomic E-state index is 0.00513. The van der Waals surface area contributed by atoms with Crippen LogP contribution in [0.15, 0.2) is 24.3 Å². The van der Waals surface area contributed by atoms with Crippen LogP contribution < -0.4 is 10.6 Å². The third-order valence-electron chi connectivity index (χ3n) is 4.61. The Kier molecular flexibility index (Phi) is 6.52. The summed E-state index contributed by atoms with van der Waals surface area (Å²) in [7, 11) is 1.63. The number of amides is 2. The summed E-state index contributed by atoms with van der Waals surface area (Å²) in [4.78, 5) is 34.9. The van der Waals surface area contributed by atoms with E-state index in [1.165, 1.54) is 0 Å². The third kappa shape index (κ3) is 5.03. The molecule has 3 N–H and O–H groups in total. The Labute approximate surface area is 146 Å². The number of carboxylic acids is 1. The Hall–Kier alpha value is -2.41. The maximum absolute atomic E-state index is 12.5. The number of hydrogen-bond acceptors (Lipinski definition) is 4. The van der Waals surface area contributed by atoms with Crippen LogP contribution in [0.1, 0.15) is 42.5 Å². The number of anilines is 1. The number of ether oxygens (including phenoxy) is 1. The van der Waals surface area contributed by atoms with E-state index in [9.17, 15) is 14.4 Å². The molecule has 1 fully saturated rings. The van der Waals surface area contributed by atoms with Crippen LogP contribution in [0.2, 0.25) is 0 Å². The standard InChI is InChI=1S/C18H24N2O5/c1-25-12-10-18(8-2-9-18)17(24)20-14-5-3-13(4-6-14)16(23)19-11-7-15(21)22/h3-6H,2,7-12H2,1H3,(H,19,23)(H,20,24)(H,21,22). The van der Waals surface area contributed by atoms with Crippen molar-refractivity contribution in [3.63, 3.8) is 0 Å². The summed E-state index contributed by atoms with van der Waals surface area (Å²) in [6, 6.07) is 6.56. The predicted octanol–water partition coefficient (Wildman–Crippen LogP) is 2.04. The molecule has 1 saturated carbocycles. The van der Waals surface area contributed by atoms with Crippen LogP contribution in [0.4, 0.5) is 5.69 Å². The Morgan fingerprint density at radius 2 is 1.88 bits per heavy atom. The number of carbonyl (C=O) groups is 3. The van der Waals surface area contributed by atoms with Crippen LogP contribution in [-0.2, 0) is 14.3 Å². The van der Waals surface area contributed by atoms with E-state index in [1.807, 2.05) is 0 Å². The first-order chi connectivity index (χ1) is 12.0. The smallest absolute Gasteiger partial charge is 0.305 e. The number of methoxy groups -OCH3 is 1. The minimum Gasteiger partial charge on any atom is -0.481 e. The van der Waals surface area contributed by atoms with Crippen molar-refractivity contribution < 1.29 is 24.2 Å². The molecule has 0 atom stereocenters. The summed E-state index contributed by atoms with van der Waals surface area (Å²) >= 11 is 0. The first-order valence-corrected chi connectivity index (χ1v) is 8.37. The molecular weight excluding hydrogens is 324 g/mol. The van der Waals surface area contributed by atoms with Gasteiger partial charge in [-0.1, -0.05) is 6.42 Å². The van der Waals surface area contributed by atoms with Gasteiger partial charge in [-0.2, -0.15) is 0 Å². The largest absolute Gasteiger partial charge is 0.481 e. The zero-order chi connectivity index (χ0) is 18.3. The summed E-state index contributed by atoms with van der Waals surface area (Å²) in [6.07, 6.45) is 3.37.